The number of alkyl halides is 1. The Balaban J connectivity index is 1.22. The van der Waals surface area contributed by atoms with Crippen LogP contribution < -0.4 is 0 Å². The second kappa shape index (κ2) is 9.68. The molecule has 11 heteroatoms. The van der Waals surface area contributed by atoms with Crippen molar-refractivity contribution in [3.8, 4) is 22.5 Å². The lowest BCUT2D eigenvalue weighted by molar-refractivity contribution is 0.316. The molecule has 5 heterocycles. The van der Waals surface area contributed by atoms with Gasteiger partial charge in [-0.1, -0.05) is 27.4 Å². The fourth-order valence-corrected chi connectivity index (χ4v) is 4.99. The summed E-state index contributed by atoms with van der Waals surface area (Å²) in [5, 5.41) is 15.0. The van der Waals surface area contributed by atoms with Crippen molar-refractivity contribution < 1.29 is 4.39 Å². The van der Waals surface area contributed by atoms with Gasteiger partial charge in [-0.2, -0.15) is 14.7 Å². The molecule has 0 spiro atoms. The fraction of sp³-hybridized carbons (Fsp3) is 0.308. The number of aromatic nitrogens is 8. The molecule has 37 heavy (non-hydrogen) atoms. The molecule has 2 atom stereocenters. The minimum Gasteiger partial charge on any atom is -0.301 e. The molecule has 188 valence electrons. The van der Waals surface area contributed by atoms with E-state index in [1.807, 2.05) is 36.1 Å². The number of fused-ring (bicyclic) bond motifs is 1. The Hall–Kier alpha value is -3.62. The summed E-state index contributed by atoms with van der Waals surface area (Å²) in [5.74, 6) is 0.597. The minimum atomic E-state index is -2.00. The van der Waals surface area contributed by atoms with Gasteiger partial charge in [0, 0.05) is 47.4 Å². The Morgan fingerprint density at radius 1 is 0.946 bits per heavy atom. The second-order valence-electron chi connectivity index (χ2n) is 9.40. The number of hydrogen-bond donors (Lipinski definition) is 0. The largest absolute Gasteiger partial charge is 0.301 e. The molecular weight excluding hydrogens is 488 g/mol. The zero-order valence-electron chi connectivity index (χ0n) is 20.5. The van der Waals surface area contributed by atoms with Gasteiger partial charge in [0.25, 0.3) is 0 Å². The van der Waals surface area contributed by atoms with Crippen molar-refractivity contribution >= 4 is 14.9 Å². The Labute approximate surface area is 216 Å². The van der Waals surface area contributed by atoms with Gasteiger partial charge in [0.05, 0.1) is 18.4 Å². The van der Waals surface area contributed by atoms with Gasteiger partial charge in [-0.3, -0.25) is 4.68 Å². The average molecular weight is 516 g/mol. The first-order chi connectivity index (χ1) is 18.0. The lowest BCUT2D eigenvalue weighted by Crippen LogP contribution is -2.24. The predicted molar refractivity (Wildman–Crippen MR) is 141 cm³/mol. The van der Waals surface area contributed by atoms with Crippen molar-refractivity contribution in [2.24, 2.45) is 0 Å². The zero-order valence-corrected chi connectivity index (χ0v) is 21.7. The van der Waals surface area contributed by atoms with Gasteiger partial charge >= 0.3 is 0 Å². The van der Waals surface area contributed by atoms with E-state index in [-0.39, 0.29) is 5.82 Å². The molecule has 0 aliphatic carbocycles. The summed E-state index contributed by atoms with van der Waals surface area (Å²) in [5.41, 5.74) is 4.17. The molecule has 1 aliphatic rings. The van der Waals surface area contributed by atoms with Crippen LogP contribution >= 0.6 is 9.24 Å². The van der Waals surface area contributed by atoms with E-state index in [1.165, 1.54) is 30.4 Å². The van der Waals surface area contributed by atoms with E-state index >= 15 is 4.39 Å². The lowest BCUT2D eigenvalue weighted by Gasteiger charge is -2.19. The summed E-state index contributed by atoms with van der Waals surface area (Å²) in [6, 6.07) is 10.7. The van der Waals surface area contributed by atoms with Crippen LogP contribution in [-0.2, 0) is 12.0 Å². The molecule has 1 aromatic carbocycles. The van der Waals surface area contributed by atoms with Gasteiger partial charge in [0.2, 0.25) is 5.41 Å². The molecule has 6 rings (SSSR count). The summed E-state index contributed by atoms with van der Waals surface area (Å²) in [4.78, 5) is 11.6. The van der Waals surface area contributed by atoms with Gasteiger partial charge < -0.3 is 4.90 Å². The fourth-order valence-electron chi connectivity index (χ4n) is 4.63. The maximum Gasteiger partial charge on any atom is 0.209 e. The zero-order chi connectivity index (χ0) is 25.4. The topological polar surface area (TPSA) is 89.9 Å². The summed E-state index contributed by atoms with van der Waals surface area (Å²) < 4.78 is 19.5. The van der Waals surface area contributed by atoms with Crippen LogP contribution in [0.5, 0.6) is 0 Å². The number of likely N-dealkylation sites (tertiary alicyclic amines) is 1. The lowest BCUT2D eigenvalue weighted by atomic mass is 10.0. The van der Waals surface area contributed by atoms with Gasteiger partial charge in [0.1, 0.15) is 0 Å². The molecule has 1 fully saturated rings. The number of nitrogens with zero attached hydrogens (tertiary/aromatic N) is 9. The normalized spacial score (nSPS) is 15.9. The molecule has 5 aromatic rings. The molecule has 0 bridgehead atoms. The number of benzene rings is 1. The Morgan fingerprint density at radius 2 is 1.76 bits per heavy atom. The second-order valence-corrected chi connectivity index (χ2v) is 10.2. The minimum absolute atomic E-state index is 0.0892. The van der Waals surface area contributed by atoms with Crippen LogP contribution in [0.25, 0.3) is 28.2 Å². The summed E-state index contributed by atoms with van der Waals surface area (Å²) in [6.45, 7) is 6.07. The Bertz CT molecular complexity index is 1540. The van der Waals surface area contributed by atoms with Crippen molar-refractivity contribution in [1.29, 1.82) is 0 Å². The monoisotopic (exact) mass is 515 g/mol. The molecular formula is C26H27FN9P. The quantitative estimate of drug-likeness (QED) is 0.304. The highest BCUT2D eigenvalue weighted by molar-refractivity contribution is 7.18. The molecule has 9 nitrogen and oxygen atoms in total. The van der Waals surface area contributed by atoms with Crippen molar-refractivity contribution in [3.05, 3.63) is 78.3 Å². The highest BCUT2D eigenvalue weighted by Gasteiger charge is 2.35. The van der Waals surface area contributed by atoms with Gasteiger partial charge in [-0.15, -0.1) is 10.2 Å². The Morgan fingerprint density at radius 3 is 2.57 bits per heavy atom. The molecule has 0 amide bonds. The maximum absolute atomic E-state index is 16.1. The molecule has 0 N–H and O–H groups in total. The van der Waals surface area contributed by atoms with E-state index in [0.717, 1.165) is 29.9 Å². The molecule has 4 aromatic heterocycles. The van der Waals surface area contributed by atoms with E-state index in [4.69, 9.17) is 0 Å². The van der Waals surface area contributed by atoms with Crippen LogP contribution in [0.2, 0.25) is 0 Å². The summed E-state index contributed by atoms with van der Waals surface area (Å²) in [6.07, 6.45) is 9.99. The highest BCUT2D eigenvalue weighted by atomic mass is 31.0. The first kappa shape index (κ1) is 23.8. The molecule has 2 unspecified atom stereocenters. The standard InChI is InChI=1S/C26H27FN9P/c1-18-7-8-23-31-32-25(36(23)33-18)26(27,37)22-6-4-5-19(13-22)24-28-14-20(15-29-24)21-16-30-35(17-21)12-11-34-9-2-3-10-34/h4-8,13-17H,2-3,9-12,37H2,1H3. The van der Waals surface area contributed by atoms with E-state index in [9.17, 15) is 0 Å². The van der Waals surface area contributed by atoms with Crippen LogP contribution in [0.4, 0.5) is 4.39 Å². The summed E-state index contributed by atoms with van der Waals surface area (Å²) >= 11 is 0. The predicted octanol–water partition coefficient (Wildman–Crippen LogP) is 3.89. The summed E-state index contributed by atoms with van der Waals surface area (Å²) in [7, 11) is 2.25. The third-order valence-electron chi connectivity index (χ3n) is 6.72. The first-order valence-electron chi connectivity index (χ1n) is 12.3. The van der Waals surface area contributed by atoms with Crippen molar-refractivity contribution in [2.75, 3.05) is 19.6 Å². The van der Waals surface area contributed by atoms with Crippen LogP contribution in [0, 0.1) is 6.92 Å². The number of hydrogen-bond acceptors (Lipinski definition) is 7. The molecule has 0 saturated carbocycles. The Kier molecular flexibility index (Phi) is 6.22. The SMILES string of the molecule is Cc1ccc2nnc(C(F)(P)c3cccc(-c4ncc(-c5cnn(CCN6CCCC6)c5)cn4)c3)n2n1. The third kappa shape index (κ3) is 4.74. The average Bonchev–Trinajstić information content (AvgIpc) is 3.69. The molecule has 0 radical (unpaired) electrons. The van der Waals surface area contributed by atoms with Gasteiger partial charge in [0.15, 0.2) is 17.3 Å². The van der Waals surface area contributed by atoms with Crippen LogP contribution in [0.15, 0.2) is 61.2 Å². The van der Waals surface area contributed by atoms with E-state index < -0.39 is 5.41 Å². The van der Waals surface area contributed by atoms with E-state index in [0.29, 0.717) is 22.6 Å². The molecule has 1 saturated heterocycles. The van der Waals surface area contributed by atoms with Crippen LogP contribution in [0.3, 0.4) is 0 Å². The number of aryl methyl sites for hydroxylation is 1. The maximum atomic E-state index is 16.1. The number of halogens is 1. The number of rotatable bonds is 7. The first-order valence-corrected chi connectivity index (χ1v) is 12.9. The van der Waals surface area contributed by atoms with Crippen molar-refractivity contribution in [2.45, 2.75) is 31.7 Å². The van der Waals surface area contributed by atoms with Gasteiger partial charge in [-0.25, -0.2) is 14.4 Å². The smallest absolute Gasteiger partial charge is 0.209 e. The highest BCUT2D eigenvalue weighted by Crippen LogP contribution is 2.40. The van der Waals surface area contributed by atoms with E-state index in [1.54, 1.807) is 36.7 Å². The van der Waals surface area contributed by atoms with E-state index in [2.05, 4.69) is 44.5 Å². The molecule has 1 aliphatic heterocycles. The van der Waals surface area contributed by atoms with Crippen LogP contribution in [0.1, 0.15) is 29.9 Å². The van der Waals surface area contributed by atoms with Crippen LogP contribution in [-0.4, -0.2) is 64.1 Å². The third-order valence-corrected chi connectivity index (χ3v) is 7.32. The van der Waals surface area contributed by atoms with Crippen molar-refractivity contribution in [1.82, 2.24) is 44.5 Å². The van der Waals surface area contributed by atoms with Gasteiger partial charge in [-0.05, 0) is 51.1 Å². The van der Waals surface area contributed by atoms with Crippen molar-refractivity contribution in [3.63, 3.8) is 0 Å².